The van der Waals surface area contributed by atoms with Crippen molar-refractivity contribution in [3.63, 3.8) is 0 Å². The first kappa shape index (κ1) is 20.5. The summed E-state index contributed by atoms with van der Waals surface area (Å²) < 4.78 is 0. The van der Waals surface area contributed by atoms with E-state index in [-0.39, 0.29) is 5.91 Å². The molecule has 1 fully saturated rings. The van der Waals surface area contributed by atoms with Crippen LogP contribution in [0.1, 0.15) is 27.0 Å². The van der Waals surface area contributed by atoms with Gasteiger partial charge in [-0.05, 0) is 48.7 Å². The van der Waals surface area contributed by atoms with Gasteiger partial charge in [-0.2, -0.15) is 0 Å². The van der Waals surface area contributed by atoms with Crippen LogP contribution in [0.15, 0.2) is 77.7 Å². The normalized spacial score (nSPS) is 14.1. The van der Waals surface area contributed by atoms with E-state index in [2.05, 4.69) is 67.3 Å². The highest BCUT2D eigenvalue weighted by atomic mass is 32.2. The van der Waals surface area contributed by atoms with Crippen molar-refractivity contribution >= 4 is 23.4 Å². The molecule has 0 atom stereocenters. The molecule has 0 radical (unpaired) electrons. The van der Waals surface area contributed by atoms with Crippen LogP contribution in [0.4, 0.5) is 5.69 Å². The Labute approximate surface area is 183 Å². The molecule has 0 unspecified atom stereocenters. The third-order valence-electron chi connectivity index (χ3n) is 5.84. The Kier molecular flexibility index (Phi) is 6.44. The van der Waals surface area contributed by atoms with Crippen LogP contribution in [0.2, 0.25) is 0 Å². The topological polar surface area (TPSA) is 23.6 Å². The summed E-state index contributed by atoms with van der Waals surface area (Å²) in [6.45, 7) is 7.59. The molecule has 4 heteroatoms. The zero-order valence-corrected chi connectivity index (χ0v) is 18.5. The Morgan fingerprint density at radius 2 is 1.53 bits per heavy atom. The number of carbonyl (C=O) groups is 1. The second-order valence-corrected chi connectivity index (χ2v) is 8.79. The highest BCUT2D eigenvalue weighted by Crippen LogP contribution is 2.28. The van der Waals surface area contributed by atoms with Crippen LogP contribution in [0.5, 0.6) is 0 Å². The highest BCUT2D eigenvalue weighted by molar-refractivity contribution is 7.98. The summed E-state index contributed by atoms with van der Waals surface area (Å²) in [6.07, 6.45) is 0. The minimum atomic E-state index is 0.145. The lowest BCUT2D eigenvalue weighted by atomic mass is 10.1. The predicted molar refractivity (Wildman–Crippen MR) is 126 cm³/mol. The van der Waals surface area contributed by atoms with Crippen molar-refractivity contribution in [2.24, 2.45) is 0 Å². The van der Waals surface area contributed by atoms with Crippen molar-refractivity contribution in [3.05, 3.63) is 95.1 Å². The number of anilines is 1. The quantitative estimate of drug-likeness (QED) is 0.509. The third kappa shape index (κ3) is 4.54. The summed E-state index contributed by atoms with van der Waals surface area (Å²) in [7, 11) is 0. The molecule has 0 aliphatic carbocycles. The second kappa shape index (κ2) is 9.40. The van der Waals surface area contributed by atoms with E-state index >= 15 is 0 Å². The average molecular weight is 417 g/mol. The van der Waals surface area contributed by atoms with Crippen LogP contribution in [-0.2, 0) is 5.75 Å². The minimum absolute atomic E-state index is 0.145. The maximum absolute atomic E-state index is 13.3. The van der Waals surface area contributed by atoms with Gasteiger partial charge in [-0.3, -0.25) is 4.79 Å². The molecule has 3 aromatic carbocycles. The molecule has 30 heavy (non-hydrogen) atoms. The summed E-state index contributed by atoms with van der Waals surface area (Å²) >= 11 is 1.74. The van der Waals surface area contributed by atoms with E-state index in [1.54, 1.807) is 11.8 Å². The smallest absolute Gasteiger partial charge is 0.255 e. The molecule has 4 rings (SSSR count). The molecule has 3 aromatic rings. The molecule has 0 aromatic heterocycles. The molecule has 0 saturated carbocycles. The van der Waals surface area contributed by atoms with Crippen LogP contribution in [0, 0.1) is 13.8 Å². The molecule has 154 valence electrons. The zero-order chi connectivity index (χ0) is 20.9. The first-order chi connectivity index (χ1) is 14.6. The monoisotopic (exact) mass is 416 g/mol. The number of benzene rings is 3. The van der Waals surface area contributed by atoms with E-state index in [0.29, 0.717) is 0 Å². The predicted octanol–water partition coefficient (Wildman–Crippen LogP) is 5.56. The zero-order valence-electron chi connectivity index (χ0n) is 17.7. The molecule has 0 bridgehead atoms. The SMILES string of the molecule is Cc1cccc(N2CCN(C(=O)c3ccccc3SCc3ccccc3)CC2)c1C. The Bertz CT molecular complexity index is 1010. The number of carbonyl (C=O) groups excluding carboxylic acids is 1. The van der Waals surface area contributed by atoms with Gasteiger partial charge in [-0.1, -0.05) is 54.6 Å². The third-order valence-corrected chi connectivity index (χ3v) is 6.98. The van der Waals surface area contributed by atoms with E-state index in [9.17, 15) is 4.79 Å². The average Bonchev–Trinajstić information content (AvgIpc) is 2.80. The lowest BCUT2D eigenvalue weighted by molar-refractivity contribution is 0.0743. The van der Waals surface area contributed by atoms with Crippen LogP contribution >= 0.6 is 11.8 Å². The summed E-state index contributed by atoms with van der Waals surface area (Å²) in [4.78, 5) is 18.8. The van der Waals surface area contributed by atoms with Gasteiger partial charge >= 0.3 is 0 Å². The van der Waals surface area contributed by atoms with Gasteiger partial charge in [0.2, 0.25) is 0 Å². The van der Waals surface area contributed by atoms with Gasteiger partial charge in [-0.15, -0.1) is 11.8 Å². The van der Waals surface area contributed by atoms with Gasteiger partial charge in [0.1, 0.15) is 0 Å². The van der Waals surface area contributed by atoms with Crippen LogP contribution < -0.4 is 4.90 Å². The van der Waals surface area contributed by atoms with Gasteiger partial charge < -0.3 is 9.80 Å². The lowest BCUT2D eigenvalue weighted by Crippen LogP contribution is -2.49. The van der Waals surface area contributed by atoms with Crippen molar-refractivity contribution in [2.45, 2.75) is 24.5 Å². The number of aryl methyl sites for hydroxylation is 1. The number of hydrogen-bond donors (Lipinski definition) is 0. The Balaban J connectivity index is 1.42. The number of rotatable bonds is 5. The molecule has 0 N–H and O–H groups in total. The largest absolute Gasteiger partial charge is 0.368 e. The van der Waals surface area contributed by atoms with Gasteiger partial charge in [-0.25, -0.2) is 0 Å². The standard InChI is InChI=1S/C26H28N2OS/c1-20-9-8-13-24(21(20)2)27-15-17-28(18-16-27)26(29)23-12-6-7-14-25(23)30-19-22-10-4-3-5-11-22/h3-14H,15-19H2,1-2H3. The van der Waals surface area contributed by atoms with E-state index < -0.39 is 0 Å². The molecule has 1 saturated heterocycles. The summed E-state index contributed by atoms with van der Waals surface area (Å²) in [6, 6.07) is 24.9. The maximum Gasteiger partial charge on any atom is 0.255 e. The summed E-state index contributed by atoms with van der Waals surface area (Å²) in [5, 5.41) is 0. The molecule has 1 heterocycles. The fourth-order valence-corrected chi connectivity index (χ4v) is 4.90. The summed E-state index contributed by atoms with van der Waals surface area (Å²) in [5.41, 5.74) is 6.03. The number of amides is 1. The first-order valence-electron chi connectivity index (χ1n) is 10.5. The van der Waals surface area contributed by atoms with Gasteiger partial charge in [0.25, 0.3) is 5.91 Å². The maximum atomic E-state index is 13.3. The van der Waals surface area contributed by atoms with Crippen molar-refractivity contribution < 1.29 is 4.79 Å². The molecule has 3 nitrogen and oxygen atoms in total. The van der Waals surface area contributed by atoms with Gasteiger partial charge in [0.05, 0.1) is 5.56 Å². The van der Waals surface area contributed by atoms with E-state index in [0.717, 1.165) is 42.4 Å². The fraction of sp³-hybridized carbons (Fsp3) is 0.269. The molecular formula is C26H28N2OS. The minimum Gasteiger partial charge on any atom is -0.368 e. The van der Waals surface area contributed by atoms with Gasteiger partial charge in [0, 0.05) is 42.5 Å². The lowest BCUT2D eigenvalue weighted by Gasteiger charge is -2.37. The molecular weight excluding hydrogens is 388 g/mol. The highest BCUT2D eigenvalue weighted by Gasteiger charge is 2.24. The molecule has 1 amide bonds. The van der Waals surface area contributed by atoms with Crippen LogP contribution in [-0.4, -0.2) is 37.0 Å². The number of piperazine rings is 1. The van der Waals surface area contributed by atoms with E-state index in [1.807, 2.05) is 29.2 Å². The van der Waals surface area contributed by atoms with Crippen LogP contribution in [0.3, 0.4) is 0 Å². The molecule has 0 spiro atoms. The van der Waals surface area contributed by atoms with E-state index in [4.69, 9.17) is 0 Å². The number of nitrogens with zero attached hydrogens (tertiary/aromatic N) is 2. The van der Waals surface area contributed by atoms with Crippen molar-refractivity contribution in [1.82, 2.24) is 4.90 Å². The Morgan fingerprint density at radius 3 is 2.30 bits per heavy atom. The second-order valence-electron chi connectivity index (χ2n) is 7.77. The Morgan fingerprint density at radius 1 is 0.833 bits per heavy atom. The fourth-order valence-electron chi connectivity index (χ4n) is 3.90. The number of thioether (sulfide) groups is 1. The molecule has 1 aliphatic rings. The summed E-state index contributed by atoms with van der Waals surface area (Å²) in [5.74, 6) is 1.01. The number of hydrogen-bond acceptors (Lipinski definition) is 3. The van der Waals surface area contributed by atoms with Crippen molar-refractivity contribution in [1.29, 1.82) is 0 Å². The van der Waals surface area contributed by atoms with Crippen molar-refractivity contribution in [2.75, 3.05) is 31.1 Å². The van der Waals surface area contributed by atoms with E-state index in [1.165, 1.54) is 22.4 Å². The van der Waals surface area contributed by atoms with Gasteiger partial charge in [0.15, 0.2) is 0 Å². The van der Waals surface area contributed by atoms with Crippen LogP contribution in [0.25, 0.3) is 0 Å². The van der Waals surface area contributed by atoms with Crippen molar-refractivity contribution in [3.8, 4) is 0 Å². The molecule has 1 aliphatic heterocycles. The Hall–Kier alpha value is -2.72. The first-order valence-corrected chi connectivity index (χ1v) is 11.5.